The third kappa shape index (κ3) is 7.31. The number of para-hydroxylation sites is 2. The van der Waals surface area contributed by atoms with Crippen molar-refractivity contribution < 1.29 is 0 Å². The minimum atomic E-state index is 1.07. The van der Waals surface area contributed by atoms with Gasteiger partial charge < -0.3 is 9.47 Å². The summed E-state index contributed by atoms with van der Waals surface area (Å²) in [5.74, 6) is 0. The van der Waals surface area contributed by atoms with Crippen LogP contribution in [0.25, 0.3) is 105 Å². The maximum Gasteiger partial charge on any atom is 0.0553 e. The summed E-state index contributed by atoms with van der Waals surface area (Å²) >= 11 is 0. The van der Waals surface area contributed by atoms with E-state index < -0.39 is 0 Å². The number of hydrogen-bond donors (Lipinski definition) is 0. The lowest BCUT2D eigenvalue weighted by Crippen LogP contribution is -2.11. The fourth-order valence-electron chi connectivity index (χ4n) is 10.6. The van der Waals surface area contributed by atoms with Crippen LogP contribution in [0, 0.1) is 0 Å². The molecule has 0 aliphatic carbocycles. The molecular weight excluding hydrogens is 845 g/mol. The molecule has 0 radical (unpaired) electrons. The summed E-state index contributed by atoms with van der Waals surface area (Å²) in [6.45, 7) is 0. The molecular formula is C68H46N2. The normalized spacial score (nSPS) is 11.4. The molecule has 0 aliphatic heterocycles. The van der Waals surface area contributed by atoms with Crippen LogP contribution in [0.5, 0.6) is 0 Å². The first kappa shape index (κ1) is 41.0. The zero-order valence-corrected chi connectivity index (χ0v) is 38.5. The first-order valence-corrected chi connectivity index (χ1v) is 24.1. The molecule has 0 atom stereocenters. The van der Waals surface area contributed by atoms with E-state index in [-0.39, 0.29) is 0 Å². The van der Waals surface area contributed by atoms with Crippen molar-refractivity contribution in [2.45, 2.75) is 0 Å². The molecule has 13 rings (SSSR count). The molecule has 328 valence electrons. The van der Waals surface area contributed by atoms with Gasteiger partial charge in [0.15, 0.2) is 0 Å². The minimum absolute atomic E-state index is 1.07. The van der Waals surface area contributed by atoms with E-state index >= 15 is 0 Å². The monoisotopic (exact) mass is 890 g/mol. The van der Waals surface area contributed by atoms with E-state index in [9.17, 15) is 0 Å². The van der Waals surface area contributed by atoms with Crippen LogP contribution in [0.2, 0.25) is 0 Å². The van der Waals surface area contributed by atoms with Crippen molar-refractivity contribution in [2.75, 3.05) is 4.90 Å². The summed E-state index contributed by atoms with van der Waals surface area (Å²) < 4.78 is 2.46. The van der Waals surface area contributed by atoms with Gasteiger partial charge >= 0.3 is 0 Å². The molecule has 0 aliphatic rings. The maximum atomic E-state index is 2.46. The highest BCUT2D eigenvalue weighted by atomic mass is 15.1. The summed E-state index contributed by atoms with van der Waals surface area (Å²) in [6, 6.07) is 102. The van der Waals surface area contributed by atoms with E-state index in [1.807, 2.05) is 0 Å². The molecule has 1 aromatic heterocycles. The van der Waals surface area contributed by atoms with Crippen molar-refractivity contribution in [3.63, 3.8) is 0 Å². The van der Waals surface area contributed by atoms with Gasteiger partial charge in [-0.25, -0.2) is 0 Å². The Morgan fingerprint density at radius 3 is 1.56 bits per heavy atom. The van der Waals surface area contributed by atoms with Crippen molar-refractivity contribution in [2.24, 2.45) is 0 Å². The van der Waals surface area contributed by atoms with Gasteiger partial charge in [-0.3, -0.25) is 0 Å². The van der Waals surface area contributed by atoms with Crippen LogP contribution in [0.3, 0.4) is 0 Å². The molecule has 12 aromatic carbocycles. The Balaban J connectivity index is 1.01. The molecule has 0 bridgehead atoms. The molecule has 0 fully saturated rings. The van der Waals surface area contributed by atoms with E-state index in [0.717, 1.165) is 39.4 Å². The van der Waals surface area contributed by atoms with Gasteiger partial charge in [0.2, 0.25) is 0 Å². The highest BCUT2D eigenvalue weighted by Gasteiger charge is 2.22. The molecule has 2 nitrogen and oxygen atoms in total. The van der Waals surface area contributed by atoms with Crippen molar-refractivity contribution in [1.82, 2.24) is 4.57 Å². The molecule has 0 amide bonds. The number of fused-ring (bicyclic) bond motifs is 6. The second-order valence-corrected chi connectivity index (χ2v) is 18.1. The largest absolute Gasteiger partial charge is 0.310 e. The van der Waals surface area contributed by atoms with Gasteiger partial charge in [0.1, 0.15) is 0 Å². The fraction of sp³-hybridized carbons (Fsp3) is 0. The molecule has 13 aromatic rings. The Morgan fingerprint density at radius 2 is 0.800 bits per heavy atom. The summed E-state index contributed by atoms with van der Waals surface area (Å²) in [5, 5.41) is 7.49. The number of hydrogen-bond acceptors (Lipinski definition) is 1. The van der Waals surface area contributed by atoms with Crippen LogP contribution < -0.4 is 4.90 Å². The predicted octanol–water partition coefficient (Wildman–Crippen LogP) is 18.9. The number of aromatic nitrogens is 1. The smallest absolute Gasteiger partial charge is 0.0553 e. The molecule has 2 heteroatoms. The van der Waals surface area contributed by atoms with Crippen LogP contribution in [0.1, 0.15) is 0 Å². The van der Waals surface area contributed by atoms with Crippen molar-refractivity contribution >= 4 is 60.4 Å². The van der Waals surface area contributed by atoms with E-state index in [2.05, 4.69) is 289 Å². The van der Waals surface area contributed by atoms with Gasteiger partial charge in [-0.1, -0.05) is 212 Å². The summed E-state index contributed by atoms with van der Waals surface area (Å²) in [4.78, 5) is 2.43. The van der Waals surface area contributed by atoms with Gasteiger partial charge in [0.25, 0.3) is 0 Å². The Hall–Kier alpha value is -9.24. The SMILES string of the molecule is c1ccc(-c2ccc3c4c(-c5cccc(N(c6ccc(-c7ccc8c(ccc9ccccc98)c7)cc6)c6ccccc6-c6ccccc6)c5)cc(-c5ccccc5)cc4n(-c4ccccc4)c3c2)cc1. The Kier molecular flexibility index (Phi) is 10.2. The molecule has 0 unspecified atom stereocenters. The van der Waals surface area contributed by atoms with Gasteiger partial charge in [0.05, 0.1) is 16.7 Å². The molecule has 0 saturated carbocycles. The third-order valence-electron chi connectivity index (χ3n) is 13.9. The molecule has 1 heterocycles. The van der Waals surface area contributed by atoms with Crippen LogP contribution >= 0.6 is 0 Å². The number of benzene rings is 12. The zero-order valence-electron chi connectivity index (χ0n) is 38.5. The summed E-state index contributed by atoms with van der Waals surface area (Å²) in [5.41, 5.74) is 18.5. The van der Waals surface area contributed by atoms with E-state index in [1.54, 1.807) is 0 Å². The van der Waals surface area contributed by atoms with Gasteiger partial charge in [-0.15, -0.1) is 0 Å². The van der Waals surface area contributed by atoms with Gasteiger partial charge in [0, 0.05) is 33.4 Å². The Morgan fingerprint density at radius 1 is 0.257 bits per heavy atom. The van der Waals surface area contributed by atoms with Crippen molar-refractivity contribution in [1.29, 1.82) is 0 Å². The minimum Gasteiger partial charge on any atom is -0.310 e. The van der Waals surface area contributed by atoms with Crippen LogP contribution in [0.15, 0.2) is 279 Å². The number of rotatable bonds is 9. The summed E-state index contributed by atoms with van der Waals surface area (Å²) in [7, 11) is 0. The topological polar surface area (TPSA) is 8.17 Å². The Labute approximate surface area is 408 Å². The first-order valence-electron chi connectivity index (χ1n) is 24.1. The highest BCUT2D eigenvalue weighted by molar-refractivity contribution is 6.18. The second-order valence-electron chi connectivity index (χ2n) is 18.1. The number of anilines is 3. The molecule has 0 N–H and O–H groups in total. The lowest BCUT2D eigenvalue weighted by atomic mass is 9.93. The van der Waals surface area contributed by atoms with E-state index in [1.165, 1.54) is 82.3 Å². The van der Waals surface area contributed by atoms with Crippen molar-refractivity contribution in [3.8, 4) is 61.3 Å². The van der Waals surface area contributed by atoms with E-state index in [0.29, 0.717) is 0 Å². The Bertz CT molecular complexity index is 4020. The molecule has 0 saturated heterocycles. The lowest BCUT2D eigenvalue weighted by Gasteiger charge is -2.28. The summed E-state index contributed by atoms with van der Waals surface area (Å²) in [6.07, 6.45) is 0. The highest BCUT2D eigenvalue weighted by Crippen LogP contribution is 2.46. The number of nitrogens with zero attached hydrogens (tertiary/aromatic N) is 2. The second kappa shape index (κ2) is 17.4. The zero-order chi connectivity index (χ0) is 46.4. The van der Waals surface area contributed by atoms with Crippen LogP contribution in [-0.4, -0.2) is 4.57 Å². The maximum absolute atomic E-state index is 2.46. The average Bonchev–Trinajstić information content (AvgIpc) is 3.77. The molecule has 70 heavy (non-hydrogen) atoms. The standard InChI is InChI=1S/C68H46N2/c1-5-18-47(19-6-1)53-37-41-63-66(45-53)70(57-26-11-4-12-27-57)67-46-56(48-20-7-2-8-21-48)44-64(68(63)67)54-25-17-28-59(43-54)69(65-31-16-15-30-62(65)50-22-9-3-10-23-50)58-38-34-49(35-39-58)52-36-40-61-55(42-52)33-32-51-24-13-14-29-60(51)61/h1-46H. The predicted molar refractivity (Wildman–Crippen MR) is 298 cm³/mol. The van der Waals surface area contributed by atoms with Gasteiger partial charge in [-0.2, -0.15) is 0 Å². The fourth-order valence-corrected chi connectivity index (χ4v) is 10.6. The average molecular weight is 891 g/mol. The quantitative estimate of drug-likeness (QED) is 0.131. The van der Waals surface area contributed by atoms with Crippen LogP contribution in [0.4, 0.5) is 17.1 Å². The molecule has 0 spiro atoms. The lowest BCUT2D eigenvalue weighted by molar-refractivity contribution is 1.18. The van der Waals surface area contributed by atoms with Gasteiger partial charge in [-0.05, 0) is 138 Å². The third-order valence-corrected chi connectivity index (χ3v) is 13.9. The van der Waals surface area contributed by atoms with Crippen LogP contribution in [-0.2, 0) is 0 Å². The van der Waals surface area contributed by atoms with E-state index in [4.69, 9.17) is 0 Å². The van der Waals surface area contributed by atoms with Crippen molar-refractivity contribution in [3.05, 3.63) is 279 Å². The first-order chi connectivity index (χ1) is 34.7.